The highest BCUT2D eigenvalue weighted by atomic mass is 35.5. The zero-order valence-electron chi connectivity index (χ0n) is 9.07. The number of anilines is 1. The number of carbonyl (C=O) groups excluding carboxylic acids is 1. The number of nitrogens with two attached hydrogens (primary N) is 1. The van der Waals surface area contributed by atoms with Crippen LogP contribution in [0.25, 0.3) is 0 Å². The van der Waals surface area contributed by atoms with Gasteiger partial charge < -0.3 is 10.5 Å². The summed E-state index contributed by atoms with van der Waals surface area (Å²) < 4.78 is 5.73. The zero-order chi connectivity index (χ0) is 12.4. The first-order valence-corrected chi connectivity index (χ1v) is 6.05. The van der Waals surface area contributed by atoms with Crippen LogP contribution in [0.1, 0.15) is 15.2 Å². The molecule has 2 rings (SSSR count). The quantitative estimate of drug-likeness (QED) is 0.686. The van der Waals surface area contributed by atoms with Gasteiger partial charge in [0, 0.05) is 11.8 Å². The van der Waals surface area contributed by atoms with Crippen molar-refractivity contribution in [3.05, 3.63) is 45.1 Å². The van der Waals surface area contributed by atoms with E-state index < -0.39 is 0 Å². The smallest absolute Gasteiger partial charge is 0.206 e. The number of nitrogen functional groups attached to an aromatic ring is 1. The van der Waals surface area contributed by atoms with Crippen LogP contribution < -0.4 is 10.5 Å². The van der Waals surface area contributed by atoms with E-state index in [4.69, 9.17) is 22.1 Å². The Labute approximate surface area is 108 Å². The van der Waals surface area contributed by atoms with E-state index in [0.29, 0.717) is 26.2 Å². The fraction of sp³-hybridized carbons (Fsp3) is 0.0833. The third-order valence-electron chi connectivity index (χ3n) is 2.27. The van der Waals surface area contributed by atoms with Crippen molar-refractivity contribution in [1.29, 1.82) is 0 Å². The van der Waals surface area contributed by atoms with E-state index in [1.54, 1.807) is 30.3 Å². The Bertz CT molecular complexity index is 565. The minimum atomic E-state index is -0.112. The Morgan fingerprint density at radius 2 is 2.12 bits per heavy atom. The molecule has 0 amide bonds. The van der Waals surface area contributed by atoms with Gasteiger partial charge in [-0.2, -0.15) is 0 Å². The number of hydrogen-bond donors (Lipinski definition) is 1. The lowest BCUT2D eigenvalue weighted by molar-refractivity contribution is 0.103. The highest BCUT2D eigenvalue weighted by molar-refractivity contribution is 7.18. The molecule has 1 aromatic carbocycles. The molecular weight excluding hydrogens is 258 g/mol. The van der Waals surface area contributed by atoms with E-state index in [0.717, 1.165) is 0 Å². The summed E-state index contributed by atoms with van der Waals surface area (Å²) in [5.41, 5.74) is 6.68. The van der Waals surface area contributed by atoms with Crippen molar-refractivity contribution in [2.24, 2.45) is 0 Å². The molecule has 0 fully saturated rings. The van der Waals surface area contributed by atoms with Gasteiger partial charge in [-0.3, -0.25) is 4.79 Å². The Hall–Kier alpha value is -1.52. The molecular formula is C12H10ClNO2S. The molecule has 0 spiro atoms. The number of hydrogen-bond acceptors (Lipinski definition) is 4. The Morgan fingerprint density at radius 3 is 2.71 bits per heavy atom. The summed E-state index contributed by atoms with van der Waals surface area (Å²) in [6, 6.07) is 8.35. The maximum absolute atomic E-state index is 12.2. The lowest BCUT2D eigenvalue weighted by Crippen LogP contribution is -2.02. The van der Waals surface area contributed by atoms with Crippen molar-refractivity contribution in [3.8, 4) is 5.75 Å². The van der Waals surface area contributed by atoms with Crippen LogP contribution in [0.4, 0.5) is 5.69 Å². The van der Waals surface area contributed by atoms with Crippen LogP contribution in [0, 0.1) is 0 Å². The normalized spacial score (nSPS) is 10.2. The summed E-state index contributed by atoms with van der Waals surface area (Å²) in [6.45, 7) is 0. The maximum atomic E-state index is 12.2. The van der Waals surface area contributed by atoms with Gasteiger partial charge in [0.1, 0.15) is 5.75 Å². The summed E-state index contributed by atoms with van der Waals surface area (Å²) in [5, 5.41) is 0. The second-order valence-corrected chi connectivity index (χ2v) is 5.11. The molecule has 17 heavy (non-hydrogen) atoms. The largest absolute Gasteiger partial charge is 0.496 e. The molecule has 0 unspecified atom stereocenters. The number of rotatable bonds is 3. The number of ether oxygens (including phenoxy) is 1. The van der Waals surface area contributed by atoms with Gasteiger partial charge in [-0.15, -0.1) is 11.3 Å². The van der Waals surface area contributed by atoms with Gasteiger partial charge in [-0.05, 0) is 24.3 Å². The summed E-state index contributed by atoms with van der Waals surface area (Å²) in [5.74, 6) is 0.360. The highest BCUT2D eigenvalue weighted by Gasteiger charge is 2.16. The first kappa shape index (κ1) is 12.0. The standard InChI is InChI=1S/C12H10ClNO2S/c1-16-9-6-7(14)2-3-8(9)12(15)10-4-5-11(13)17-10/h2-6H,14H2,1H3. The monoisotopic (exact) mass is 267 g/mol. The van der Waals surface area contributed by atoms with Gasteiger partial charge in [0.05, 0.1) is 21.9 Å². The van der Waals surface area contributed by atoms with E-state index in [1.165, 1.54) is 18.4 Å². The van der Waals surface area contributed by atoms with Gasteiger partial charge in [0.2, 0.25) is 5.78 Å². The third kappa shape index (κ3) is 2.43. The van der Waals surface area contributed by atoms with E-state index in [9.17, 15) is 4.79 Å². The molecule has 0 bridgehead atoms. The molecule has 3 nitrogen and oxygen atoms in total. The lowest BCUT2D eigenvalue weighted by Gasteiger charge is -2.07. The molecule has 5 heteroatoms. The second kappa shape index (κ2) is 4.77. The van der Waals surface area contributed by atoms with Crippen molar-refractivity contribution >= 4 is 34.4 Å². The van der Waals surface area contributed by atoms with E-state index in [1.807, 2.05) is 0 Å². The molecule has 1 heterocycles. The molecule has 0 aliphatic rings. The van der Waals surface area contributed by atoms with E-state index >= 15 is 0 Å². The average molecular weight is 268 g/mol. The van der Waals surface area contributed by atoms with Gasteiger partial charge in [-0.1, -0.05) is 11.6 Å². The maximum Gasteiger partial charge on any atom is 0.206 e. The number of carbonyl (C=O) groups is 1. The molecule has 0 aliphatic heterocycles. The van der Waals surface area contributed by atoms with Crippen LogP contribution in [0.15, 0.2) is 30.3 Å². The summed E-state index contributed by atoms with van der Waals surface area (Å²) in [4.78, 5) is 12.8. The van der Waals surface area contributed by atoms with Crippen molar-refractivity contribution in [2.45, 2.75) is 0 Å². The molecule has 88 valence electrons. The van der Waals surface area contributed by atoms with Crippen LogP contribution in [-0.2, 0) is 0 Å². The summed E-state index contributed by atoms with van der Waals surface area (Å²) >= 11 is 7.05. The van der Waals surface area contributed by atoms with Crippen molar-refractivity contribution < 1.29 is 9.53 Å². The average Bonchev–Trinajstić information content (AvgIpc) is 2.75. The number of thiophene rings is 1. The minimum Gasteiger partial charge on any atom is -0.496 e. The molecule has 0 atom stereocenters. The predicted octanol–water partition coefficient (Wildman–Crippen LogP) is 3.22. The number of methoxy groups -OCH3 is 1. The topological polar surface area (TPSA) is 52.3 Å². The molecule has 0 saturated carbocycles. The summed E-state index contributed by atoms with van der Waals surface area (Å²) in [6.07, 6.45) is 0. The van der Waals surface area contributed by atoms with Gasteiger partial charge >= 0.3 is 0 Å². The van der Waals surface area contributed by atoms with Crippen molar-refractivity contribution in [1.82, 2.24) is 0 Å². The third-order valence-corrected chi connectivity index (χ3v) is 3.50. The minimum absolute atomic E-state index is 0.112. The SMILES string of the molecule is COc1cc(N)ccc1C(=O)c1ccc(Cl)s1. The van der Waals surface area contributed by atoms with Gasteiger partial charge in [-0.25, -0.2) is 0 Å². The van der Waals surface area contributed by atoms with E-state index in [-0.39, 0.29) is 5.78 Å². The first-order chi connectivity index (χ1) is 8.11. The van der Waals surface area contributed by atoms with Crippen LogP contribution in [0.2, 0.25) is 4.34 Å². The summed E-state index contributed by atoms with van der Waals surface area (Å²) in [7, 11) is 1.51. The fourth-order valence-corrected chi connectivity index (χ4v) is 2.46. The first-order valence-electron chi connectivity index (χ1n) is 4.85. The van der Waals surface area contributed by atoms with Crippen molar-refractivity contribution in [2.75, 3.05) is 12.8 Å². The fourth-order valence-electron chi connectivity index (χ4n) is 1.46. The molecule has 0 aliphatic carbocycles. The highest BCUT2D eigenvalue weighted by Crippen LogP contribution is 2.28. The molecule has 0 radical (unpaired) electrons. The number of benzene rings is 1. The number of ketones is 1. The Balaban J connectivity index is 2.43. The molecule has 2 aromatic rings. The Morgan fingerprint density at radius 1 is 1.35 bits per heavy atom. The van der Waals surface area contributed by atoms with Gasteiger partial charge in [0.15, 0.2) is 0 Å². The second-order valence-electron chi connectivity index (χ2n) is 3.39. The van der Waals surface area contributed by atoms with Crippen LogP contribution >= 0.6 is 22.9 Å². The molecule has 0 saturated heterocycles. The van der Waals surface area contributed by atoms with Crippen LogP contribution in [-0.4, -0.2) is 12.9 Å². The van der Waals surface area contributed by atoms with Crippen LogP contribution in [0.5, 0.6) is 5.75 Å². The van der Waals surface area contributed by atoms with Gasteiger partial charge in [0.25, 0.3) is 0 Å². The van der Waals surface area contributed by atoms with E-state index in [2.05, 4.69) is 0 Å². The predicted molar refractivity (Wildman–Crippen MR) is 70.2 cm³/mol. The lowest BCUT2D eigenvalue weighted by atomic mass is 10.1. The molecule has 1 aromatic heterocycles. The molecule has 2 N–H and O–H groups in total. The zero-order valence-corrected chi connectivity index (χ0v) is 10.6. The van der Waals surface area contributed by atoms with Crippen molar-refractivity contribution in [3.63, 3.8) is 0 Å². The van der Waals surface area contributed by atoms with Crippen LogP contribution in [0.3, 0.4) is 0 Å². The Kier molecular flexibility index (Phi) is 3.36. The number of halogens is 1.